The molecule has 16 heavy (non-hydrogen) atoms. The third-order valence-corrected chi connectivity index (χ3v) is 3.12. The van der Waals surface area contributed by atoms with E-state index in [9.17, 15) is 13.2 Å². The normalized spacial score (nSPS) is 11.6. The third kappa shape index (κ3) is 6.85. The maximum atomic E-state index is 10.7. The zero-order valence-electron chi connectivity index (χ0n) is 7.37. The Kier molecular flexibility index (Phi) is 6.50. The van der Waals surface area contributed by atoms with Crippen LogP contribution in [0.3, 0.4) is 0 Å². The molecule has 0 heterocycles. The summed E-state index contributed by atoms with van der Waals surface area (Å²) in [7, 11) is -5.84. The number of hydrogen-bond acceptors (Lipinski definition) is 2. The molecule has 0 atom stereocenters. The predicted octanol–water partition coefficient (Wildman–Crippen LogP) is 3.29. The second-order valence-electron chi connectivity index (χ2n) is 2.36. The van der Waals surface area contributed by atoms with Gasteiger partial charge in [0, 0.05) is 7.14 Å². The largest absolute Gasteiger partial charge is 0.522 e. The van der Waals surface area contributed by atoms with Gasteiger partial charge in [-0.15, -0.1) is 0 Å². The van der Waals surface area contributed by atoms with Gasteiger partial charge in [0.2, 0.25) is 0 Å². The summed E-state index contributed by atoms with van der Waals surface area (Å²) in [5.41, 5.74) is -5.53. The highest BCUT2D eigenvalue weighted by atomic mass is 127. The molecule has 0 saturated carbocycles. The lowest BCUT2D eigenvalue weighted by Crippen LogP contribution is -2.21. The Balaban J connectivity index is 0.000000281. The average molecular weight is 480 g/mol. The minimum Gasteiger partial charge on any atom is -0.279 e. The van der Waals surface area contributed by atoms with Gasteiger partial charge in [-0.2, -0.15) is 21.6 Å². The van der Waals surface area contributed by atoms with Crippen molar-refractivity contribution in [1.29, 1.82) is 0 Å². The summed E-state index contributed by atoms with van der Waals surface area (Å²) in [5, 5.41) is 0. The van der Waals surface area contributed by atoms with Gasteiger partial charge < -0.3 is 0 Å². The molecule has 0 spiro atoms. The molecule has 0 fully saturated rings. The minimum atomic E-state index is -5.84. The Labute approximate surface area is 117 Å². The molecule has 0 unspecified atom stereocenters. The van der Waals surface area contributed by atoms with Crippen LogP contribution in [0.4, 0.5) is 13.2 Å². The van der Waals surface area contributed by atoms with Crippen LogP contribution in [0.25, 0.3) is 0 Å². The zero-order chi connectivity index (χ0) is 13.0. The molecule has 0 bridgehead atoms. The lowest BCUT2D eigenvalue weighted by atomic mass is 10.4. The van der Waals surface area contributed by atoms with Crippen molar-refractivity contribution in [1.82, 2.24) is 0 Å². The number of alkyl halides is 3. The Hall–Kier alpha value is 0.380. The van der Waals surface area contributed by atoms with Crippen LogP contribution >= 0.6 is 45.2 Å². The van der Waals surface area contributed by atoms with E-state index in [1.165, 1.54) is 7.14 Å². The van der Waals surface area contributed by atoms with Crippen molar-refractivity contribution in [3.05, 3.63) is 31.4 Å². The fourth-order valence-electron chi connectivity index (χ4n) is 0.430. The number of benzene rings is 1. The van der Waals surface area contributed by atoms with Crippen molar-refractivity contribution in [3.63, 3.8) is 0 Å². The SMILES string of the molecule is Ic1ccc(I)cc1.O=S(=O)(O)C(F)(F)F. The first-order chi connectivity index (χ1) is 7.04. The van der Waals surface area contributed by atoms with Crippen molar-refractivity contribution in [3.8, 4) is 0 Å². The van der Waals surface area contributed by atoms with E-state index >= 15 is 0 Å². The molecule has 0 aromatic heterocycles. The lowest BCUT2D eigenvalue weighted by Gasteiger charge is -1.97. The summed E-state index contributed by atoms with van der Waals surface area (Å²) in [5.74, 6) is 0. The van der Waals surface area contributed by atoms with Gasteiger partial charge >= 0.3 is 15.6 Å². The maximum Gasteiger partial charge on any atom is 0.522 e. The summed E-state index contributed by atoms with van der Waals surface area (Å²) in [6, 6.07) is 8.40. The average Bonchev–Trinajstić information content (AvgIpc) is 2.08. The number of halogens is 5. The van der Waals surface area contributed by atoms with Crippen molar-refractivity contribution < 1.29 is 26.1 Å². The van der Waals surface area contributed by atoms with Crippen molar-refractivity contribution in [2.45, 2.75) is 5.51 Å². The van der Waals surface area contributed by atoms with E-state index in [-0.39, 0.29) is 0 Å². The molecule has 1 aromatic rings. The monoisotopic (exact) mass is 480 g/mol. The van der Waals surface area contributed by atoms with Crippen molar-refractivity contribution in [2.24, 2.45) is 0 Å². The molecule has 0 saturated heterocycles. The summed E-state index contributed by atoms with van der Waals surface area (Å²) in [4.78, 5) is 0. The molecule has 1 rings (SSSR count). The number of rotatable bonds is 0. The van der Waals surface area contributed by atoms with E-state index < -0.39 is 15.6 Å². The van der Waals surface area contributed by atoms with Gasteiger partial charge in [-0.3, -0.25) is 4.55 Å². The molecule has 0 amide bonds. The van der Waals surface area contributed by atoms with Crippen molar-refractivity contribution in [2.75, 3.05) is 0 Å². The number of hydrogen-bond donors (Lipinski definition) is 1. The van der Waals surface area contributed by atoms with Crippen molar-refractivity contribution >= 4 is 55.3 Å². The molecular weight excluding hydrogens is 475 g/mol. The van der Waals surface area contributed by atoms with Gasteiger partial charge in [0.1, 0.15) is 0 Å². The maximum absolute atomic E-state index is 10.7. The first kappa shape index (κ1) is 16.4. The van der Waals surface area contributed by atoms with E-state index in [1.54, 1.807) is 0 Å². The van der Waals surface area contributed by atoms with Gasteiger partial charge in [0.15, 0.2) is 0 Å². The fraction of sp³-hybridized carbons (Fsp3) is 0.143. The molecule has 92 valence electrons. The molecule has 1 aromatic carbocycles. The van der Waals surface area contributed by atoms with E-state index in [0.717, 1.165) is 0 Å². The Bertz CT molecular complexity index is 406. The van der Waals surface area contributed by atoms with Crippen LogP contribution in [0.2, 0.25) is 0 Å². The van der Waals surface area contributed by atoms with Crippen LogP contribution in [0.15, 0.2) is 24.3 Å². The van der Waals surface area contributed by atoms with Crippen LogP contribution < -0.4 is 0 Å². The molecule has 0 radical (unpaired) electrons. The Morgan fingerprint density at radius 1 is 1.00 bits per heavy atom. The van der Waals surface area contributed by atoms with E-state index in [0.29, 0.717) is 0 Å². The molecule has 0 aliphatic rings. The van der Waals surface area contributed by atoms with Crippen LogP contribution in [0, 0.1) is 7.14 Å². The van der Waals surface area contributed by atoms with Gasteiger partial charge in [-0.1, -0.05) is 0 Å². The highest BCUT2D eigenvalue weighted by Crippen LogP contribution is 2.20. The van der Waals surface area contributed by atoms with Gasteiger partial charge in [0.25, 0.3) is 0 Å². The first-order valence-electron chi connectivity index (χ1n) is 3.49. The summed E-state index contributed by atoms with van der Waals surface area (Å²) in [6.07, 6.45) is 0. The predicted molar refractivity (Wildman–Crippen MR) is 69.5 cm³/mol. The molecule has 1 N–H and O–H groups in total. The first-order valence-corrected chi connectivity index (χ1v) is 7.08. The Morgan fingerprint density at radius 2 is 1.19 bits per heavy atom. The van der Waals surface area contributed by atoms with Gasteiger partial charge in [-0.25, -0.2) is 0 Å². The summed E-state index contributed by atoms with van der Waals surface area (Å²) in [6.45, 7) is 0. The molecular formula is C7H5F3I2O3S. The minimum absolute atomic E-state index is 1.29. The highest BCUT2D eigenvalue weighted by molar-refractivity contribution is 14.1. The summed E-state index contributed by atoms with van der Waals surface area (Å²) < 4.78 is 60.1. The van der Waals surface area contributed by atoms with Crippen LogP contribution in [0.5, 0.6) is 0 Å². The molecule has 0 aliphatic carbocycles. The lowest BCUT2D eigenvalue weighted by molar-refractivity contribution is -0.0510. The van der Waals surface area contributed by atoms with Crippen LogP contribution in [-0.2, 0) is 10.1 Å². The van der Waals surface area contributed by atoms with E-state index in [2.05, 4.69) is 69.4 Å². The van der Waals surface area contributed by atoms with E-state index in [1.807, 2.05) is 0 Å². The standard InChI is InChI=1S/C6H4I2.CHF3O3S/c7-5-1-2-6(8)4-3-5;2-1(3,4)8(5,6)7/h1-4H;(H,5,6,7). The molecule has 0 aliphatic heterocycles. The topological polar surface area (TPSA) is 54.4 Å². The van der Waals surface area contributed by atoms with Crippen LogP contribution in [-0.4, -0.2) is 18.5 Å². The second-order valence-corrected chi connectivity index (χ2v) is 6.26. The Morgan fingerprint density at radius 3 is 1.31 bits per heavy atom. The molecule has 3 nitrogen and oxygen atoms in total. The fourth-order valence-corrected chi connectivity index (χ4v) is 1.15. The quantitative estimate of drug-likeness (QED) is 0.353. The smallest absolute Gasteiger partial charge is 0.279 e. The third-order valence-electron chi connectivity index (χ3n) is 1.10. The van der Waals surface area contributed by atoms with E-state index in [4.69, 9.17) is 13.0 Å². The second kappa shape index (κ2) is 6.35. The van der Waals surface area contributed by atoms with Crippen LogP contribution in [0.1, 0.15) is 0 Å². The highest BCUT2D eigenvalue weighted by Gasteiger charge is 2.44. The zero-order valence-corrected chi connectivity index (χ0v) is 12.5. The van der Waals surface area contributed by atoms with Gasteiger partial charge in [0.05, 0.1) is 0 Å². The molecule has 9 heteroatoms. The summed E-state index contributed by atoms with van der Waals surface area (Å²) >= 11 is 4.59. The van der Waals surface area contributed by atoms with Gasteiger partial charge in [-0.05, 0) is 69.4 Å².